The van der Waals surface area contributed by atoms with E-state index >= 15 is 0 Å². The van der Waals surface area contributed by atoms with Crippen LogP contribution in [0.5, 0.6) is 0 Å². The molecule has 0 aliphatic rings. The molecule has 0 spiro atoms. The molecule has 0 amide bonds. The van der Waals surface area contributed by atoms with Crippen molar-refractivity contribution in [2.24, 2.45) is 0 Å². The second-order valence-corrected chi connectivity index (χ2v) is 35.7. The van der Waals surface area contributed by atoms with Gasteiger partial charge in [0.1, 0.15) is 25.4 Å². The van der Waals surface area contributed by atoms with Gasteiger partial charge < -0.3 is 34.2 Å². The van der Waals surface area contributed by atoms with E-state index in [0.29, 0.717) is 25.7 Å². The van der Waals surface area contributed by atoms with E-state index in [1.165, 1.54) is 225 Å². The number of carbonyl (C=O) groups is 3. The molecule has 123 heavy (non-hydrogen) atoms. The summed E-state index contributed by atoms with van der Waals surface area (Å²) in [5, 5.41) is 20.8. The van der Waals surface area contributed by atoms with E-state index in [9.17, 15) is 43.5 Å². The Bertz CT molecular complexity index is 2920. The molecule has 0 bridgehead atoms. The number of unbranched alkanes of at least 4 members (excludes halogenated alkanes) is 42. The highest BCUT2D eigenvalue weighted by Crippen LogP contribution is 2.45. The van der Waals surface area contributed by atoms with Crippen molar-refractivity contribution in [3.63, 3.8) is 0 Å². The fraction of sp³-hybridized carbons (Fsp3) is 0.705. The zero-order valence-corrected chi connectivity index (χ0v) is 79.9. The quantitative estimate of drug-likeness (QED) is 0.0146. The second-order valence-electron chi connectivity index (χ2n) is 32.8. The van der Waals surface area contributed by atoms with Crippen LogP contribution >= 0.6 is 15.6 Å². The molecule has 0 saturated heterocycles. The van der Waals surface area contributed by atoms with E-state index in [2.05, 4.69) is 191 Å². The molecule has 0 aromatic carbocycles. The molecule has 0 radical (unpaired) electrons. The van der Waals surface area contributed by atoms with Crippen LogP contribution in [-0.2, 0) is 55.8 Å². The van der Waals surface area contributed by atoms with Gasteiger partial charge in [-0.1, -0.05) is 409 Å². The van der Waals surface area contributed by atoms with Crippen LogP contribution in [0.2, 0.25) is 0 Å². The topological polar surface area (TPSA) is 231 Å². The molecule has 0 aliphatic heterocycles. The Morgan fingerprint density at radius 2 is 0.431 bits per heavy atom. The normalized spacial score (nSPS) is 14.4. The number of aliphatic hydroxyl groups is 2. The smallest absolute Gasteiger partial charge is 0.463 e. The summed E-state index contributed by atoms with van der Waals surface area (Å²) in [4.78, 5) is 59.1. The molecule has 0 fully saturated rings. The number of phosphoric ester groups is 2. The molecule has 18 heteroatoms. The summed E-state index contributed by atoms with van der Waals surface area (Å²) in [6, 6.07) is 0. The number of hydrogen-bond donors (Lipinski definition) is 4. The summed E-state index contributed by atoms with van der Waals surface area (Å²) in [7, 11) is -9.83. The maximum atomic E-state index is 13.1. The van der Waals surface area contributed by atoms with Gasteiger partial charge in [0, 0.05) is 19.3 Å². The number of hydrogen-bond acceptors (Lipinski definition) is 14. The Hall–Kier alpha value is -5.09. The molecular weight excluding hydrogens is 1580 g/mol. The predicted octanol–water partition coefficient (Wildman–Crippen LogP) is 31.0. The molecule has 0 aliphatic carbocycles. The van der Waals surface area contributed by atoms with E-state index in [-0.39, 0.29) is 19.3 Å². The summed E-state index contributed by atoms with van der Waals surface area (Å²) >= 11 is 0. The highest BCUT2D eigenvalue weighted by Gasteiger charge is 2.30. The van der Waals surface area contributed by atoms with Gasteiger partial charge in [-0.25, -0.2) is 9.13 Å². The van der Waals surface area contributed by atoms with Crippen LogP contribution in [0.3, 0.4) is 0 Å². The van der Waals surface area contributed by atoms with Gasteiger partial charge >= 0.3 is 33.6 Å². The lowest BCUT2D eigenvalue weighted by atomic mass is 10.0. The van der Waals surface area contributed by atoms with Gasteiger partial charge in [-0.3, -0.25) is 32.5 Å². The van der Waals surface area contributed by atoms with Gasteiger partial charge in [0.15, 0.2) is 6.10 Å². The number of ether oxygens (including phenoxy) is 3. The average Bonchev–Trinajstić information content (AvgIpc) is 0.898. The Labute approximate surface area is 752 Å². The van der Waals surface area contributed by atoms with Crippen molar-refractivity contribution < 1.29 is 75.8 Å². The minimum absolute atomic E-state index is 0.0459. The summed E-state index contributed by atoms with van der Waals surface area (Å²) in [5.74, 6) is -1.62. The van der Waals surface area contributed by atoms with Crippen LogP contribution in [0.15, 0.2) is 170 Å². The van der Waals surface area contributed by atoms with Crippen LogP contribution in [-0.4, -0.2) is 95.9 Å². The first kappa shape index (κ1) is 118. The zero-order chi connectivity index (χ0) is 89.3. The number of carbonyl (C=O) groups excluding carboxylic acids is 3. The molecule has 0 heterocycles. The summed E-state index contributed by atoms with van der Waals surface area (Å²) in [5.41, 5.74) is 0. The Balaban J connectivity index is 4.55. The third-order valence-electron chi connectivity index (χ3n) is 20.9. The monoisotopic (exact) mass is 1760 g/mol. The van der Waals surface area contributed by atoms with Gasteiger partial charge in [0.25, 0.3) is 0 Å². The molecule has 5 unspecified atom stereocenters. The van der Waals surface area contributed by atoms with Crippen molar-refractivity contribution in [3.05, 3.63) is 170 Å². The lowest BCUT2D eigenvalue weighted by Crippen LogP contribution is -2.30. The first-order valence-electron chi connectivity index (χ1n) is 49.4. The van der Waals surface area contributed by atoms with Gasteiger partial charge in [0.2, 0.25) is 0 Å². The van der Waals surface area contributed by atoms with Gasteiger partial charge in [-0.15, -0.1) is 0 Å². The maximum absolute atomic E-state index is 13.1. The maximum Gasteiger partial charge on any atom is 0.472 e. The van der Waals surface area contributed by atoms with E-state index in [4.69, 9.17) is 32.3 Å². The van der Waals surface area contributed by atoms with Crippen LogP contribution in [0, 0.1) is 0 Å². The summed E-state index contributed by atoms with van der Waals surface area (Å²) in [6.07, 6.45) is 126. The first-order valence-corrected chi connectivity index (χ1v) is 52.4. The lowest BCUT2D eigenvalue weighted by molar-refractivity contribution is -0.161. The Morgan fingerprint density at radius 3 is 0.699 bits per heavy atom. The van der Waals surface area contributed by atoms with Gasteiger partial charge in [-0.2, -0.15) is 0 Å². The van der Waals surface area contributed by atoms with Crippen molar-refractivity contribution >= 4 is 33.6 Å². The number of esters is 3. The molecule has 0 aromatic rings. The third-order valence-corrected chi connectivity index (χ3v) is 22.8. The number of aliphatic hydroxyl groups excluding tert-OH is 2. The second kappa shape index (κ2) is 96.0. The first-order chi connectivity index (χ1) is 60.2. The zero-order valence-electron chi connectivity index (χ0n) is 78.1. The Morgan fingerprint density at radius 1 is 0.236 bits per heavy atom. The molecule has 0 aromatic heterocycles. The van der Waals surface area contributed by atoms with E-state index in [0.717, 1.165) is 128 Å². The van der Waals surface area contributed by atoms with Crippen molar-refractivity contribution in [1.82, 2.24) is 0 Å². The fourth-order valence-electron chi connectivity index (χ4n) is 13.4. The molecule has 5 atom stereocenters. The minimum Gasteiger partial charge on any atom is -0.463 e. The lowest BCUT2D eigenvalue weighted by Gasteiger charge is -2.21. The third kappa shape index (κ3) is 97.4. The highest BCUT2D eigenvalue weighted by atomic mass is 31.2. The van der Waals surface area contributed by atoms with Crippen molar-refractivity contribution in [2.45, 2.75) is 437 Å². The van der Waals surface area contributed by atoms with E-state index in [1.807, 2.05) is 0 Å². The van der Waals surface area contributed by atoms with Crippen LogP contribution in [0.4, 0.5) is 0 Å². The number of allylic oxidation sites excluding steroid dienone is 28. The molecule has 16 nitrogen and oxygen atoms in total. The summed E-state index contributed by atoms with van der Waals surface area (Å²) < 4.78 is 61.5. The average molecular weight is 1760 g/mol. The highest BCUT2D eigenvalue weighted by molar-refractivity contribution is 7.47. The fourth-order valence-corrected chi connectivity index (χ4v) is 15.0. The summed E-state index contributed by atoms with van der Waals surface area (Å²) in [6.45, 7) is 2.51. The van der Waals surface area contributed by atoms with Crippen molar-refractivity contribution in [1.29, 1.82) is 0 Å². The van der Waals surface area contributed by atoms with Crippen LogP contribution in [0.1, 0.15) is 419 Å². The predicted molar refractivity (Wildman–Crippen MR) is 519 cm³/mol. The largest absolute Gasteiger partial charge is 0.472 e. The molecule has 706 valence electrons. The van der Waals surface area contributed by atoms with Gasteiger partial charge in [0.05, 0.1) is 26.4 Å². The van der Waals surface area contributed by atoms with Gasteiger partial charge in [-0.05, 0) is 161 Å². The Kier molecular flexibility index (Phi) is 92.0. The standard InChI is InChI=1S/C105H180O16P2/c1-4-7-10-13-16-19-22-25-28-31-34-37-39-41-43-45-47-48-49-50-52-54-55-57-59-62-64-67-70-73-76-79-82-85-88-91-103(108)115-94-100(106)95-117-122(111,112)118-96-101(107)97-119-123(113,114)120-99-102(121-105(110)93-90-87-84-81-78-75-72-69-66-61-36-33-30-27-24-21-18-15-12-9-6-3)98-116-104(109)92-89-86-83-80-77-74-71-68-65-63-60-58-56-53-51-46-44-42-40-38-35-32-29-26-23-20-17-14-11-8-5-2/h9,12,16-21,25-30,34-38,41-44,61,69,72,78,81,100-102,106-107H,4-8,10-11,13-15,22-24,31-33,39-40,45-60,62-68,70-71,73-77,79-80,82-99H2,1-3H3,(H,111,112)(H,113,114)/b12-9-,19-16-,20-17-,21-18-,28-25-,29-26-,30-27-,37-34-,38-35-,43-41-,44-42-,61-36-,72-69-,81-78-. The SMILES string of the molecule is CC/C=C\C/C=C\C/C=C\C/C=C\C/C=C\C/C=C\CCCCC(=O)OC(COC(=O)CCCCCCCCCCCCCCCCC/C=C\C/C=C\C/C=C\C/C=C\CCCCC)COP(=O)(O)OCC(O)COP(=O)(O)OCC(O)COC(=O)CCCCCCCCCCCCCCCCCCCCC/C=C\C/C=C\C/C=C\C/C=C\CCCCC. The van der Waals surface area contributed by atoms with Crippen LogP contribution in [0.25, 0.3) is 0 Å². The van der Waals surface area contributed by atoms with Crippen LogP contribution < -0.4 is 0 Å². The number of rotatable bonds is 93. The minimum atomic E-state index is -4.96. The molecule has 0 rings (SSSR count). The molecule has 0 saturated carbocycles. The molecule has 4 N–H and O–H groups in total. The van der Waals surface area contributed by atoms with E-state index < -0.39 is 91.5 Å². The van der Waals surface area contributed by atoms with Crippen molar-refractivity contribution in [2.75, 3.05) is 39.6 Å². The number of phosphoric acid groups is 2. The van der Waals surface area contributed by atoms with E-state index in [1.54, 1.807) is 0 Å². The molecular formula is C105H180O16P2. The van der Waals surface area contributed by atoms with Crippen molar-refractivity contribution in [3.8, 4) is 0 Å².